The Morgan fingerprint density at radius 2 is 1.82 bits per heavy atom. The molecule has 0 spiro atoms. The summed E-state index contributed by atoms with van der Waals surface area (Å²) >= 11 is 0. The molecule has 2 atom stereocenters. The molecule has 3 rings (SSSR count). The predicted octanol–water partition coefficient (Wildman–Crippen LogP) is 1.48. The van der Waals surface area contributed by atoms with Crippen LogP contribution in [0.1, 0.15) is 19.8 Å². The molecule has 0 saturated carbocycles. The first-order chi connectivity index (χ1) is 13.6. The van der Waals surface area contributed by atoms with Crippen molar-refractivity contribution >= 4 is 23.2 Å². The number of rotatable bonds is 8. The van der Waals surface area contributed by atoms with E-state index in [0.29, 0.717) is 37.7 Å². The molecule has 1 aromatic rings. The van der Waals surface area contributed by atoms with E-state index in [0.717, 1.165) is 32.5 Å². The molecule has 2 aliphatic rings. The van der Waals surface area contributed by atoms with E-state index in [1.165, 1.54) is 0 Å². The molecule has 28 heavy (non-hydrogen) atoms. The number of hydrogen-bond acceptors (Lipinski definition) is 6. The first-order valence-corrected chi connectivity index (χ1v) is 9.84. The minimum atomic E-state index is -0.558. The highest BCUT2D eigenvalue weighted by molar-refractivity contribution is 5.95. The van der Waals surface area contributed by atoms with Gasteiger partial charge in [0.1, 0.15) is 6.10 Å². The summed E-state index contributed by atoms with van der Waals surface area (Å²) in [5, 5.41) is 5.70. The minimum Gasteiger partial charge on any atom is -0.379 e. The van der Waals surface area contributed by atoms with Gasteiger partial charge in [-0.1, -0.05) is 0 Å². The van der Waals surface area contributed by atoms with Crippen LogP contribution in [-0.2, 0) is 23.8 Å². The Morgan fingerprint density at radius 3 is 2.46 bits per heavy atom. The molecule has 2 unspecified atom stereocenters. The third-order valence-corrected chi connectivity index (χ3v) is 4.83. The van der Waals surface area contributed by atoms with Gasteiger partial charge in [0, 0.05) is 31.1 Å². The van der Waals surface area contributed by atoms with E-state index in [1.807, 2.05) is 0 Å². The zero-order valence-electron chi connectivity index (χ0n) is 16.3. The van der Waals surface area contributed by atoms with Crippen LogP contribution in [-0.4, -0.2) is 75.0 Å². The van der Waals surface area contributed by atoms with E-state index < -0.39 is 6.10 Å². The van der Waals surface area contributed by atoms with E-state index in [-0.39, 0.29) is 17.9 Å². The summed E-state index contributed by atoms with van der Waals surface area (Å²) in [5.74, 6) is -0.267. The highest BCUT2D eigenvalue weighted by Gasteiger charge is 2.20. The molecule has 8 nitrogen and oxygen atoms in total. The number of morpholine rings is 1. The molecule has 0 bridgehead atoms. The van der Waals surface area contributed by atoms with Crippen molar-refractivity contribution in [1.82, 2.24) is 4.90 Å². The maximum Gasteiger partial charge on any atom is 0.253 e. The highest BCUT2D eigenvalue weighted by atomic mass is 16.5. The molecular weight excluding hydrogens is 362 g/mol. The van der Waals surface area contributed by atoms with Gasteiger partial charge in [-0.15, -0.1) is 0 Å². The Bertz CT molecular complexity index is 640. The number of benzene rings is 1. The highest BCUT2D eigenvalue weighted by Crippen LogP contribution is 2.16. The Hall–Kier alpha value is -2.00. The van der Waals surface area contributed by atoms with Crippen molar-refractivity contribution in [3.05, 3.63) is 24.3 Å². The lowest BCUT2D eigenvalue weighted by Gasteiger charge is -2.25. The van der Waals surface area contributed by atoms with Crippen LogP contribution in [0.2, 0.25) is 0 Å². The average molecular weight is 391 g/mol. The molecule has 0 aliphatic carbocycles. The van der Waals surface area contributed by atoms with Crippen molar-refractivity contribution in [2.45, 2.75) is 32.0 Å². The average Bonchev–Trinajstić information content (AvgIpc) is 3.22. The van der Waals surface area contributed by atoms with E-state index in [9.17, 15) is 9.59 Å². The van der Waals surface area contributed by atoms with Gasteiger partial charge in [0.05, 0.1) is 32.5 Å². The van der Waals surface area contributed by atoms with Crippen LogP contribution >= 0.6 is 0 Å². The SMILES string of the molecule is CC(OCC1CCCO1)C(=O)Nc1ccc(NC(=O)CN2CCOCC2)cc1. The Morgan fingerprint density at radius 1 is 1.14 bits per heavy atom. The molecule has 154 valence electrons. The minimum absolute atomic E-state index is 0.0603. The topological polar surface area (TPSA) is 89.1 Å². The summed E-state index contributed by atoms with van der Waals surface area (Å²) in [4.78, 5) is 26.4. The van der Waals surface area contributed by atoms with Gasteiger partial charge >= 0.3 is 0 Å². The molecule has 2 saturated heterocycles. The molecule has 2 aliphatic heterocycles. The Labute approximate surface area is 165 Å². The zero-order chi connectivity index (χ0) is 19.8. The summed E-state index contributed by atoms with van der Waals surface area (Å²) in [6.07, 6.45) is 1.56. The van der Waals surface area contributed by atoms with Gasteiger partial charge in [-0.3, -0.25) is 14.5 Å². The lowest BCUT2D eigenvalue weighted by atomic mass is 10.2. The summed E-state index contributed by atoms with van der Waals surface area (Å²) in [5.41, 5.74) is 1.35. The number of nitrogens with zero attached hydrogens (tertiary/aromatic N) is 1. The van der Waals surface area contributed by atoms with Crippen molar-refractivity contribution in [1.29, 1.82) is 0 Å². The van der Waals surface area contributed by atoms with E-state index in [2.05, 4.69) is 15.5 Å². The van der Waals surface area contributed by atoms with Crippen LogP contribution < -0.4 is 10.6 Å². The molecule has 2 N–H and O–H groups in total. The molecular formula is C20H29N3O5. The van der Waals surface area contributed by atoms with Gasteiger partial charge in [0.15, 0.2) is 0 Å². The first-order valence-electron chi connectivity index (χ1n) is 9.84. The number of anilines is 2. The lowest BCUT2D eigenvalue weighted by molar-refractivity contribution is -0.128. The predicted molar refractivity (Wildman–Crippen MR) is 105 cm³/mol. The van der Waals surface area contributed by atoms with Gasteiger partial charge in [0.25, 0.3) is 5.91 Å². The first kappa shape index (κ1) is 20.7. The summed E-state index contributed by atoms with van der Waals surface area (Å²) in [7, 11) is 0. The molecule has 0 aromatic heterocycles. The second kappa shape index (κ2) is 10.5. The summed E-state index contributed by atoms with van der Waals surface area (Å²) in [6, 6.07) is 7.06. The molecule has 2 amide bonds. The zero-order valence-corrected chi connectivity index (χ0v) is 16.3. The monoisotopic (exact) mass is 391 g/mol. The molecule has 1 aromatic carbocycles. The maximum atomic E-state index is 12.2. The Kier molecular flexibility index (Phi) is 7.79. The number of hydrogen-bond donors (Lipinski definition) is 2. The van der Waals surface area contributed by atoms with Crippen LogP contribution in [0.25, 0.3) is 0 Å². The number of carbonyl (C=O) groups is 2. The van der Waals surface area contributed by atoms with E-state index in [1.54, 1.807) is 31.2 Å². The number of amides is 2. The smallest absolute Gasteiger partial charge is 0.253 e. The normalized spacial score (nSPS) is 21.2. The summed E-state index contributed by atoms with van der Waals surface area (Å²) < 4.78 is 16.4. The maximum absolute atomic E-state index is 12.2. The fraction of sp³-hybridized carbons (Fsp3) is 0.600. The van der Waals surface area contributed by atoms with Crippen LogP contribution in [0.4, 0.5) is 11.4 Å². The quantitative estimate of drug-likeness (QED) is 0.698. The van der Waals surface area contributed by atoms with Crippen LogP contribution in [0, 0.1) is 0 Å². The third kappa shape index (κ3) is 6.56. The molecule has 8 heteroatoms. The van der Waals surface area contributed by atoms with Gasteiger partial charge in [-0.05, 0) is 44.0 Å². The van der Waals surface area contributed by atoms with Crippen molar-refractivity contribution in [2.24, 2.45) is 0 Å². The van der Waals surface area contributed by atoms with Crippen molar-refractivity contribution in [2.75, 3.05) is 56.7 Å². The van der Waals surface area contributed by atoms with Gasteiger partial charge in [-0.2, -0.15) is 0 Å². The standard InChI is InChI=1S/C20H29N3O5/c1-15(28-14-18-3-2-10-27-18)20(25)22-17-6-4-16(5-7-17)21-19(24)13-23-8-11-26-12-9-23/h4-7,15,18H,2-3,8-14H2,1H3,(H,21,24)(H,22,25). The number of nitrogens with one attached hydrogen (secondary N) is 2. The van der Waals surface area contributed by atoms with Gasteiger partial charge in [-0.25, -0.2) is 0 Å². The van der Waals surface area contributed by atoms with Gasteiger partial charge in [0.2, 0.25) is 5.91 Å². The van der Waals surface area contributed by atoms with Crippen molar-refractivity contribution in [3.8, 4) is 0 Å². The van der Waals surface area contributed by atoms with Crippen molar-refractivity contribution < 1.29 is 23.8 Å². The fourth-order valence-electron chi connectivity index (χ4n) is 3.15. The second-order valence-electron chi connectivity index (χ2n) is 7.11. The lowest BCUT2D eigenvalue weighted by Crippen LogP contribution is -2.41. The van der Waals surface area contributed by atoms with Crippen LogP contribution in [0.5, 0.6) is 0 Å². The number of carbonyl (C=O) groups excluding carboxylic acids is 2. The van der Waals surface area contributed by atoms with Gasteiger partial charge < -0.3 is 24.8 Å². The van der Waals surface area contributed by atoms with Crippen molar-refractivity contribution in [3.63, 3.8) is 0 Å². The summed E-state index contributed by atoms with van der Waals surface area (Å²) in [6.45, 7) is 6.14. The molecule has 2 heterocycles. The second-order valence-corrected chi connectivity index (χ2v) is 7.11. The molecule has 0 radical (unpaired) electrons. The molecule has 2 fully saturated rings. The number of ether oxygens (including phenoxy) is 3. The largest absolute Gasteiger partial charge is 0.379 e. The third-order valence-electron chi connectivity index (χ3n) is 4.83. The Balaban J connectivity index is 1.40. The van der Waals surface area contributed by atoms with E-state index in [4.69, 9.17) is 14.2 Å². The van der Waals surface area contributed by atoms with E-state index >= 15 is 0 Å². The fourth-order valence-corrected chi connectivity index (χ4v) is 3.15. The van der Waals surface area contributed by atoms with Crippen LogP contribution in [0.3, 0.4) is 0 Å². The van der Waals surface area contributed by atoms with Crippen LogP contribution in [0.15, 0.2) is 24.3 Å².